The number of hydrogen-bond donors (Lipinski definition) is 2. The molecule has 1 aliphatic carbocycles. The fourth-order valence-corrected chi connectivity index (χ4v) is 4.45. The summed E-state index contributed by atoms with van der Waals surface area (Å²) in [6, 6.07) is 3.28. The maximum absolute atomic E-state index is 13.1. The number of hydrogen-bond acceptors (Lipinski definition) is 8. The van der Waals surface area contributed by atoms with Gasteiger partial charge in [0, 0.05) is 12.4 Å². The molecule has 0 radical (unpaired) electrons. The maximum Gasteiger partial charge on any atom is 0.416 e. The summed E-state index contributed by atoms with van der Waals surface area (Å²) in [5.74, 6) is 0.0245. The molecule has 1 aliphatic rings. The van der Waals surface area contributed by atoms with Crippen LogP contribution in [0.2, 0.25) is 0 Å². The first-order valence-electron chi connectivity index (χ1n) is 10.0. The van der Waals surface area contributed by atoms with Crippen LogP contribution in [0, 0.1) is 0 Å². The van der Waals surface area contributed by atoms with Gasteiger partial charge in [-0.3, -0.25) is 0 Å². The standard InChI is InChI=1S/C19H18F3N7O3S/c1-2-33(31,32)17-14(15-24-13-9-11(19(20,21)22)4-8-28(13)26-15)16-23-7-3-12(29(16)27-17)25-18(10-30)5-6-18/h3-4,7-9,25,30H,2,5-6,10H2,1H3. The molecule has 0 aromatic carbocycles. The van der Waals surface area contributed by atoms with E-state index < -0.39 is 27.1 Å². The van der Waals surface area contributed by atoms with Gasteiger partial charge in [0.2, 0.25) is 0 Å². The number of aliphatic hydroxyl groups is 1. The van der Waals surface area contributed by atoms with Gasteiger partial charge in [0.05, 0.1) is 23.5 Å². The topological polar surface area (TPSA) is 127 Å². The first kappa shape index (κ1) is 21.6. The Morgan fingerprint density at radius 2 is 2.00 bits per heavy atom. The lowest BCUT2D eigenvalue weighted by atomic mass is 10.2. The van der Waals surface area contributed by atoms with Gasteiger partial charge in [0.1, 0.15) is 11.4 Å². The molecule has 1 saturated carbocycles. The summed E-state index contributed by atoms with van der Waals surface area (Å²) in [6.07, 6.45) is -0.556. The van der Waals surface area contributed by atoms with Crippen molar-refractivity contribution in [3.8, 4) is 11.4 Å². The number of alkyl halides is 3. The average Bonchev–Trinajstić information content (AvgIpc) is 3.24. The highest BCUT2D eigenvalue weighted by Gasteiger charge is 2.43. The predicted molar refractivity (Wildman–Crippen MR) is 110 cm³/mol. The molecule has 174 valence electrons. The Hall–Kier alpha value is -3.26. The zero-order valence-electron chi connectivity index (χ0n) is 17.2. The van der Waals surface area contributed by atoms with Crippen molar-refractivity contribution >= 4 is 26.9 Å². The van der Waals surface area contributed by atoms with Gasteiger partial charge in [0.15, 0.2) is 32.0 Å². The van der Waals surface area contributed by atoms with E-state index in [4.69, 9.17) is 0 Å². The summed E-state index contributed by atoms with van der Waals surface area (Å²) >= 11 is 0. The first-order chi connectivity index (χ1) is 15.6. The normalized spacial score (nSPS) is 15.9. The molecule has 10 nitrogen and oxygen atoms in total. The molecule has 4 aromatic rings. The summed E-state index contributed by atoms with van der Waals surface area (Å²) in [6.45, 7) is 1.34. The highest BCUT2D eigenvalue weighted by Crippen LogP contribution is 2.39. The molecule has 0 atom stereocenters. The van der Waals surface area contributed by atoms with E-state index in [2.05, 4.69) is 25.5 Å². The van der Waals surface area contributed by atoms with Crippen molar-refractivity contribution in [2.75, 3.05) is 17.7 Å². The van der Waals surface area contributed by atoms with Crippen molar-refractivity contribution < 1.29 is 26.7 Å². The summed E-state index contributed by atoms with van der Waals surface area (Å²) in [4.78, 5) is 8.41. The van der Waals surface area contributed by atoms with Gasteiger partial charge in [0.25, 0.3) is 0 Å². The van der Waals surface area contributed by atoms with Crippen molar-refractivity contribution in [2.45, 2.75) is 36.5 Å². The number of aromatic nitrogens is 6. The molecule has 2 N–H and O–H groups in total. The number of anilines is 1. The van der Waals surface area contributed by atoms with Crippen molar-refractivity contribution in [3.05, 3.63) is 36.2 Å². The Labute approximate surface area is 185 Å². The Morgan fingerprint density at radius 1 is 1.24 bits per heavy atom. The van der Waals surface area contributed by atoms with E-state index in [0.717, 1.165) is 35.7 Å². The van der Waals surface area contributed by atoms with Crippen molar-refractivity contribution in [1.82, 2.24) is 29.2 Å². The van der Waals surface area contributed by atoms with Crippen LogP contribution in [0.5, 0.6) is 0 Å². The van der Waals surface area contributed by atoms with Crippen LogP contribution in [0.4, 0.5) is 19.0 Å². The number of aliphatic hydroxyl groups excluding tert-OH is 1. The molecule has 0 unspecified atom stereocenters. The lowest BCUT2D eigenvalue weighted by molar-refractivity contribution is -0.137. The van der Waals surface area contributed by atoms with Crippen molar-refractivity contribution in [3.63, 3.8) is 0 Å². The number of rotatable bonds is 6. The van der Waals surface area contributed by atoms with Crippen LogP contribution in [0.25, 0.3) is 22.7 Å². The van der Waals surface area contributed by atoms with Crippen LogP contribution in [0.3, 0.4) is 0 Å². The van der Waals surface area contributed by atoms with Gasteiger partial charge in [-0.05, 0) is 31.0 Å². The van der Waals surface area contributed by atoms with Crippen LogP contribution in [0.15, 0.2) is 35.6 Å². The summed E-state index contributed by atoms with van der Waals surface area (Å²) in [7, 11) is -3.88. The van der Waals surface area contributed by atoms with Crippen LogP contribution in [-0.2, 0) is 16.0 Å². The van der Waals surface area contributed by atoms with E-state index in [1.807, 2.05) is 0 Å². The van der Waals surface area contributed by atoms with Gasteiger partial charge in [-0.1, -0.05) is 6.92 Å². The van der Waals surface area contributed by atoms with Gasteiger partial charge in [-0.25, -0.2) is 22.9 Å². The van der Waals surface area contributed by atoms with E-state index in [1.54, 1.807) is 6.07 Å². The second-order valence-corrected chi connectivity index (χ2v) is 10.1. The second-order valence-electron chi connectivity index (χ2n) is 7.86. The lowest BCUT2D eigenvalue weighted by Crippen LogP contribution is -2.27. The Kier molecular flexibility index (Phi) is 4.65. The third-order valence-electron chi connectivity index (χ3n) is 5.60. The quantitative estimate of drug-likeness (QED) is 0.429. The lowest BCUT2D eigenvalue weighted by Gasteiger charge is -2.16. The number of nitrogens with one attached hydrogen (secondary N) is 1. The van der Waals surface area contributed by atoms with E-state index >= 15 is 0 Å². The minimum atomic E-state index is -4.57. The highest BCUT2D eigenvalue weighted by molar-refractivity contribution is 7.91. The molecule has 1 fully saturated rings. The van der Waals surface area contributed by atoms with Crippen molar-refractivity contribution in [1.29, 1.82) is 0 Å². The highest BCUT2D eigenvalue weighted by atomic mass is 32.2. The molecule has 0 bridgehead atoms. The maximum atomic E-state index is 13.1. The van der Waals surface area contributed by atoms with Crippen LogP contribution < -0.4 is 5.32 Å². The van der Waals surface area contributed by atoms with E-state index in [9.17, 15) is 26.7 Å². The van der Waals surface area contributed by atoms with Gasteiger partial charge >= 0.3 is 6.18 Å². The first-order valence-corrected chi connectivity index (χ1v) is 11.7. The molecule has 0 aliphatic heterocycles. The molecule has 0 spiro atoms. The average molecular weight is 481 g/mol. The molecule has 14 heteroatoms. The van der Waals surface area contributed by atoms with Gasteiger partial charge in [-0.2, -0.15) is 22.8 Å². The molecule has 0 saturated heterocycles. The molecule has 4 aromatic heterocycles. The third kappa shape index (κ3) is 3.58. The Balaban J connectivity index is 1.74. The molecule has 4 heterocycles. The Morgan fingerprint density at radius 3 is 2.64 bits per heavy atom. The second kappa shape index (κ2) is 7.12. The Bertz CT molecular complexity index is 1490. The van der Waals surface area contributed by atoms with E-state index in [1.165, 1.54) is 17.6 Å². The number of nitrogens with zero attached hydrogens (tertiary/aromatic N) is 6. The number of fused-ring (bicyclic) bond motifs is 2. The molecule has 33 heavy (non-hydrogen) atoms. The molecular formula is C19H18F3N7O3S. The summed E-state index contributed by atoms with van der Waals surface area (Å²) in [5.41, 5.74) is -1.41. The minimum absolute atomic E-state index is 0.00777. The van der Waals surface area contributed by atoms with E-state index in [0.29, 0.717) is 5.82 Å². The fourth-order valence-electron chi connectivity index (χ4n) is 3.48. The van der Waals surface area contributed by atoms with Crippen LogP contribution in [0.1, 0.15) is 25.3 Å². The summed E-state index contributed by atoms with van der Waals surface area (Å²) in [5, 5.41) is 20.9. The number of halogens is 3. The molecule has 5 rings (SSSR count). The smallest absolute Gasteiger partial charge is 0.394 e. The minimum Gasteiger partial charge on any atom is -0.394 e. The largest absolute Gasteiger partial charge is 0.416 e. The number of pyridine rings is 1. The van der Waals surface area contributed by atoms with Crippen LogP contribution in [-0.4, -0.2) is 60.6 Å². The zero-order chi connectivity index (χ0) is 23.6. The fraction of sp³-hybridized carbons (Fsp3) is 0.368. The zero-order valence-corrected chi connectivity index (χ0v) is 18.0. The van der Waals surface area contributed by atoms with Crippen LogP contribution >= 0.6 is 0 Å². The molecular weight excluding hydrogens is 463 g/mol. The van der Waals surface area contributed by atoms with E-state index in [-0.39, 0.29) is 40.1 Å². The SMILES string of the molecule is CCS(=O)(=O)c1nn2c(NC3(CO)CC3)ccnc2c1-c1nc2cc(C(F)(F)F)ccn2n1. The molecule has 0 amide bonds. The monoisotopic (exact) mass is 481 g/mol. The third-order valence-corrected chi connectivity index (χ3v) is 7.23. The predicted octanol–water partition coefficient (Wildman–Crippen LogP) is 2.19. The van der Waals surface area contributed by atoms with Crippen molar-refractivity contribution in [2.24, 2.45) is 0 Å². The van der Waals surface area contributed by atoms with Gasteiger partial charge < -0.3 is 10.4 Å². The number of sulfone groups is 1. The summed E-state index contributed by atoms with van der Waals surface area (Å²) < 4.78 is 67.4. The van der Waals surface area contributed by atoms with Gasteiger partial charge in [-0.15, -0.1) is 5.10 Å².